The van der Waals surface area contributed by atoms with Crippen LogP contribution in [-0.4, -0.2) is 0 Å². The Bertz CT molecular complexity index is 3040. The Morgan fingerprint density at radius 3 is 1.61 bits per heavy atom. The largest absolute Gasteiger partial charge is 0.455 e. The average molecular weight is 730 g/mol. The second-order valence-electron chi connectivity index (χ2n) is 15.7. The molecule has 0 saturated heterocycles. The lowest BCUT2D eigenvalue weighted by Crippen LogP contribution is -2.15. The van der Waals surface area contributed by atoms with Crippen molar-refractivity contribution in [3.8, 4) is 44.5 Å². The lowest BCUT2D eigenvalue weighted by Gasteiger charge is -2.26. The molecule has 0 saturated carbocycles. The van der Waals surface area contributed by atoms with Crippen LogP contribution in [0.25, 0.3) is 77.2 Å². The molecule has 0 N–H and O–H groups in total. The first kappa shape index (κ1) is 33.2. The third-order valence-corrected chi connectivity index (χ3v) is 12.1. The van der Waals surface area contributed by atoms with Gasteiger partial charge in [-0.05, 0) is 109 Å². The molecule has 1 aromatic heterocycles. The first-order valence-corrected chi connectivity index (χ1v) is 19.8. The highest BCUT2D eigenvalue weighted by atomic mass is 16.3. The van der Waals surface area contributed by atoms with Gasteiger partial charge in [0.2, 0.25) is 0 Å². The molecule has 0 radical (unpaired) electrons. The topological polar surface area (TPSA) is 16.4 Å². The zero-order valence-electron chi connectivity index (χ0n) is 31.9. The van der Waals surface area contributed by atoms with Gasteiger partial charge in [0.15, 0.2) is 0 Å². The van der Waals surface area contributed by atoms with E-state index in [0.717, 1.165) is 39.0 Å². The molecule has 0 amide bonds. The molecule has 9 aromatic carbocycles. The summed E-state index contributed by atoms with van der Waals surface area (Å²) in [6.45, 7) is 4.69. The Hall–Kier alpha value is -7.16. The Labute approximate surface area is 332 Å². The van der Waals surface area contributed by atoms with Crippen LogP contribution in [-0.2, 0) is 5.41 Å². The Balaban J connectivity index is 1.12. The number of rotatable bonds is 6. The van der Waals surface area contributed by atoms with Crippen molar-refractivity contribution < 1.29 is 4.42 Å². The molecule has 0 fully saturated rings. The van der Waals surface area contributed by atoms with E-state index in [1.165, 1.54) is 66.4 Å². The van der Waals surface area contributed by atoms with Crippen molar-refractivity contribution in [2.24, 2.45) is 0 Å². The van der Waals surface area contributed by atoms with Crippen LogP contribution in [0.4, 0.5) is 17.1 Å². The van der Waals surface area contributed by atoms with Crippen LogP contribution in [0, 0.1) is 0 Å². The summed E-state index contributed by atoms with van der Waals surface area (Å²) in [7, 11) is 0. The third-order valence-electron chi connectivity index (χ3n) is 12.1. The highest BCUT2D eigenvalue weighted by molar-refractivity contribution is 6.19. The second kappa shape index (κ2) is 13.0. The Kier molecular flexibility index (Phi) is 7.55. The maximum Gasteiger partial charge on any atom is 0.144 e. The van der Waals surface area contributed by atoms with Crippen LogP contribution >= 0.6 is 0 Å². The van der Waals surface area contributed by atoms with Crippen LogP contribution in [0.5, 0.6) is 0 Å². The fraction of sp³-hybridized carbons (Fsp3) is 0.0545. The van der Waals surface area contributed by atoms with E-state index < -0.39 is 0 Å². The molecule has 0 atom stereocenters. The summed E-state index contributed by atoms with van der Waals surface area (Å²) in [5.41, 5.74) is 17.1. The van der Waals surface area contributed by atoms with E-state index in [0.29, 0.717) is 0 Å². The zero-order valence-corrected chi connectivity index (χ0v) is 31.9. The standard InChI is InChI=1S/C55H39NO/c1-55(2)49-20-12-11-19-46(49)53-50(55)35-48(42-22-21-38-17-9-10-18-41(38)33-42)52-47-32-31-45(34-51(47)57-54(52)53)56(43-27-23-39(24-28-43)36-13-5-3-6-14-36)44-29-25-40(26-30-44)37-15-7-4-8-16-37/h3-35H,1-2H3. The summed E-state index contributed by atoms with van der Waals surface area (Å²) in [6, 6.07) is 72.4. The van der Waals surface area contributed by atoms with E-state index in [2.05, 4.69) is 219 Å². The molecule has 57 heavy (non-hydrogen) atoms. The van der Waals surface area contributed by atoms with Crippen LogP contribution in [0.2, 0.25) is 0 Å². The van der Waals surface area contributed by atoms with Gasteiger partial charge in [0.25, 0.3) is 0 Å². The smallest absolute Gasteiger partial charge is 0.144 e. The number of hydrogen-bond donors (Lipinski definition) is 0. The van der Waals surface area contributed by atoms with E-state index in [4.69, 9.17) is 4.42 Å². The van der Waals surface area contributed by atoms with E-state index in [1.54, 1.807) is 0 Å². The van der Waals surface area contributed by atoms with Crippen LogP contribution in [0.15, 0.2) is 205 Å². The number of hydrogen-bond acceptors (Lipinski definition) is 2. The molecule has 2 nitrogen and oxygen atoms in total. The summed E-state index contributed by atoms with van der Waals surface area (Å²) in [5, 5.41) is 4.74. The fourth-order valence-electron chi connectivity index (χ4n) is 9.13. The maximum absolute atomic E-state index is 7.18. The van der Waals surface area contributed by atoms with E-state index in [9.17, 15) is 0 Å². The average Bonchev–Trinajstić information content (AvgIpc) is 3.76. The number of fused-ring (bicyclic) bond motifs is 8. The predicted octanol–water partition coefficient (Wildman–Crippen LogP) is 15.5. The van der Waals surface area contributed by atoms with Gasteiger partial charge in [-0.1, -0.05) is 159 Å². The van der Waals surface area contributed by atoms with Gasteiger partial charge in [-0.3, -0.25) is 0 Å². The molecule has 1 aliphatic rings. The first-order valence-electron chi connectivity index (χ1n) is 19.8. The van der Waals surface area contributed by atoms with Crippen molar-refractivity contribution in [2.75, 3.05) is 4.90 Å². The highest BCUT2D eigenvalue weighted by Crippen LogP contribution is 2.55. The molecule has 11 rings (SSSR count). The lowest BCUT2D eigenvalue weighted by atomic mass is 9.81. The van der Waals surface area contributed by atoms with Crippen molar-refractivity contribution in [1.29, 1.82) is 0 Å². The van der Waals surface area contributed by atoms with Crippen molar-refractivity contribution in [3.05, 3.63) is 211 Å². The molecule has 0 spiro atoms. The summed E-state index contributed by atoms with van der Waals surface area (Å²) in [6.07, 6.45) is 0. The summed E-state index contributed by atoms with van der Waals surface area (Å²) in [5.74, 6) is 0. The minimum atomic E-state index is -0.176. The minimum Gasteiger partial charge on any atom is -0.455 e. The van der Waals surface area contributed by atoms with E-state index >= 15 is 0 Å². The molecule has 0 unspecified atom stereocenters. The molecule has 1 aliphatic carbocycles. The molecule has 2 heteroatoms. The van der Waals surface area contributed by atoms with Gasteiger partial charge in [-0.2, -0.15) is 0 Å². The molecule has 0 bridgehead atoms. The number of benzene rings is 9. The fourth-order valence-corrected chi connectivity index (χ4v) is 9.13. The van der Waals surface area contributed by atoms with Crippen LogP contribution < -0.4 is 4.90 Å². The normalized spacial score (nSPS) is 12.9. The van der Waals surface area contributed by atoms with Gasteiger partial charge < -0.3 is 9.32 Å². The van der Waals surface area contributed by atoms with Gasteiger partial charge in [0.05, 0.1) is 0 Å². The van der Waals surface area contributed by atoms with Gasteiger partial charge in [0, 0.05) is 44.9 Å². The quantitative estimate of drug-likeness (QED) is 0.169. The van der Waals surface area contributed by atoms with Crippen LogP contribution in [0.1, 0.15) is 25.0 Å². The predicted molar refractivity (Wildman–Crippen MR) is 240 cm³/mol. The number of nitrogens with zero attached hydrogens (tertiary/aromatic N) is 1. The maximum atomic E-state index is 7.18. The summed E-state index contributed by atoms with van der Waals surface area (Å²) in [4.78, 5) is 2.34. The minimum absolute atomic E-state index is 0.176. The van der Waals surface area contributed by atoms with Gasteiger partial charge >= 0.3 is 0 Å². The molecule has 1 heterocycles. The molecule has 0 aliphatic heterocycles. The molecule has 10 aromatic rings. The van der Waals surface area contributed by atoms with Crippen molar-refractivity contribution in [2.45, 2.75) is 19.3 Å². The SMILES string of the molecule is CC1(C)c2ccccc2-c2c1cc(-c1ccc3ccccc3c1)c1c2oc2cc(N(c3ccc(-c4ccccc4)cc3)c3ccc(-c4ccccc4)cc3)ccc21. The van der Waals surface area contributed by atoms with Crippen molar-refractivity contribution >= 4 is 49.8 Å². The van der Waals surface area contributed by atoms with Gasteiger partial charge in [-0.25, -0.2) is 0 Å². The summed E-state index contributed by atoms with van der Waals surface area (Å²) >= 11 is 0. The first-order chi connectivity index (χ1) is 28.0. The van der Waals surface area contributed by atoms with Crippen molar-refractivity contribution in [1.82, 2.24) is 0 Å². The second-order valence-corrected chi connectivity index (χ2v) is 15.7. The van der Waals surface area contributed by atoms with Gasteiger partial charge in [-0.15, -0.1) is 0 Å². The Morgan fingerprint density at radius 1 is 0.404 bits per heavy atom. The van der Waals surface area contributed by atoms with Crippen LogP contribution in [0.3, 0.4) is 0 Å². The van der Waals surface area contributed by atoms with E-state index in [-0.39, 0.29) is 5.41 Å². The summed E-state index contributed by atoms with van der Waals surface area (Å²) < 4.78 is 7.18. The van der Waals surface area contributed by atoms with Gasteiger partial charge in [0.1, 0.15) is 11.2 Å². The number of furan rings is 1. The molecular formula is C55H39NO. The third kappa shape index (κ3) is 5.40. The van der Waals surface area contributed by atoms with E-state index in [1.807, 2.05) is 0 Å². The van der Waals surface area contributed by atoms with Crippen molar-refractivity contribution in [3.63, 3.8) is 0 Å². The number of anilines is 3. The highest BCUT2D eigenvalue weighted by Gasteiger charge is 2.38. The molecular weight excluding hydrogens is 691 g/mol. The lowest BCUT2D eigenvalue weighted by molar-refractivity contribution is 0.653. The monoisotopic (exact) mass is 729 g/mol. The Morgan fingerprint density at radius 2 is 0.947 bits per heavy atom. The molecule has 270 valence electrons. The zero-order chi connectivity index (χ0) is 38.1.